The lowest BCUT2D eigenvalue weighted by molar-refractivity contribution is 0.102. The number of hydrogen-bond donors (Lipinski definition) is 2. The first kappa shape index (κ1) is 20.8. The SMILES string of the molecule is Cc1ccc(NC(=O)c2nnc(C3CCN(C(=O)NC4CCCCC4)CC3)s2)cc1. The number of nitrogens with one attached hydrogen (secondary N) is 2. The third-order valence-electron chi connectivity index (χ3n) is 6.01. The topological polar surface area (TPSA) is 87.2 Å². The molecular weight excluding hydrogens is 398 g/mol. The molecule has 0 bridgehead atoms. The Kier molecular flexibility index (Phi) is 6.62. The van der Waals surface area contributed by atoms with Gasteiger partial charge in [-0.3, -0.25) is 4.79 Å². The first-order chi connectivity index (χ1) is 14.6. The number of hydrogen-bond acceptors (Lipinski definition) is 5. The molecule has 160 valence electrons. The molecule has 1 aliphatic heterocycles. The van der Waals surface area contributed by atoms with Crippen molar-refractivity contribution in [3.05, 3.63) is 39.8 Å². The van der Waals surface area contributed by atoms with Crippen LogP contribution in [0.4, 0.5) is 10.5 Å². The minimum Gasteiger partial charge on any atom is -0.335 e. The molecule has 0 radical (unpaired) electrons. The number of benzene rings is 1. The Morgan fingerprint density at radius 1 is 1.00 bits per heavy atom. The predicted octanol–water partition coefficient (Wildman–Crippen LogP) is 4.32. The number of carbonyl (C=O) groups excluding carboxylic acids is 2. The van der Waals surface area contributed by atoms with Crippen LogP contribution in [0.3, 0.4) is 0 Å². The zero-order valence-corrected chi connectivity index (χ0v) is 18.2. The molecule has 0 unspecified atom stereocenters. The molecule has 2 N–H and O–H groups in total. The van der Waals surface area contributed by atoms with Crippen molar-refractivity contribution in [3.63, 3.8) is 0 Å². The van der Waals surface area contributed by atoms with Crippen LogP contribution in [0.2, 0.25) is 0 Å². The first-order valence-electron chi connectivity index (χ1n) is 10.9. The van der Waals surface area contributed by atoms with Crippen LogP contribution in [-0.4, -0.2) is 46.2 Å². The van der Waals surface area contributed by atoms with Gasteiger partial charge in [0.05, 0.1) is 0 Å². The van der Waals surface area contributed by atoms with Gasteiger partial charge in [-0.1, -0.05) is 48.3 Å². The fraction of sp³-hybridized carbons (Fsp3) is 0.545. The van der Waals surface area contributed by atoms with Crippen LogP contribution in [0.25, 0.3) is 0 Å². The number of likely N-dealkylation sites (tertiary alicyclic amines) is 1. The predicted molar refractivity (Wildman–Crippen MR) is 118 cm³/mol. The number of aryl methyl sites for hydroxylation is 1. The summed E-state index contributed by atoms with van der Waals surface area (Å²) in [5.74, 6) is 0.0223. The maximum absolute atomic E-state index is 12.5. The number of rotatable bonds is 4. The summed E-state index contributed by atoms with van der Waals surface area (Å²) in [6.45, 7) is 3.44. The van der Waals surface area contributed by atoms with Gasteiger partial charge in [-0.05, 0) is 44.7 Å². The monoisotopic (exact) mass is 427 g/mol. The lowest BCUT2D eigenvalue weighted by atomic mass is 9.95. The van der Waals surface area contributed by atoms with Gasteiger partial charge in [0.25, 0.3) is 5.91 Å². The van der Waals surface area contributed by atoms with Crippen molar-refractivity contribution in [2.75, 3.05) is 18.4 Å². The lowest BCUT2D eigenvalue weighted by Crippen LogP contribution is -2.48. The highest BCUT2D eigenvalue weighted by Gasteiger charge is 2.28. The second kappa shape index (κ2) is 9.55. The number of amides is 3. The molecule has 1 aromatic heterocycles. The third-order valence-corrected chi connectivity index (χ3v) is 7.09. The van der Waals surface area contributed by atoms with Gasteiger partial charge in [0.1, 0.15) is 5.01 Å². The zero-order valence-electron chi connectivity index (χ0n) is 17.4. The molecule has 2 fully saturated rings. The molecule has 7 nitrogen and oxygen atoms in total. The maximum Gasteiger partial charge on any atom is 0.317 e. The Morgan fingerprint density at radius 2 is 1.70 bits per heavy atom. The smallest absolute Gasteiger partial charge is 0.317 e. The van der Waals surface area contributed by atoms with Gasteiger partial charge in [-0.25, -0.2) is 4.79 Å². The molecule has 2 aromatic rings. The van der Waals surface area contributed by atoms with Gasteiger partial charge < -0.3 is 15.5 Å². The molecule has 0 spiro atoms. The van der Waals surface area contributed by atoms with E-state index in [4.69, 9.17) is 0 Å². The van der Waals surface area contributed by atoms with Crippen LogP contribution in [0.1, 0.15) is 71.2 Å². The highest BCUT2D eigenvalue weighted by Crippen LogP contribution is 2.30. The van der Waals surface area contributed by atoms with Crippen LogP contribution in [-0.2, 0) is 0 Å². The molecule has 8 heteroatoms. The largest absolute Gasteiger partial charge is 0.335 e. The van der Waals surface area contributed by atoms with E-state index in [-0.39, 0.29) is 17.9 Å². The molecule has 0 atom stereocenters. The van der Waals surface area contributed by atoms with E-state index in [2.05, 4.69) is 20.8 Å². The zero-order chi connectivity index (χ0) is 20.9. The van der Waals surface area contributed by atoms with E-state index in [1.165, 1.54) is 30.6 Å². The number of carbonyl (C=O) groups is 2. The van der Waals surface area contributed by atoms with Gasteiger partial charge in [-0.15, -0.1) is 10.2 Å². The average Bonchev–Trinajstić information content (AvgIpc) is 3.27. The second-order valence-corrected chi connectivity index (χ2v) is 9.32. The van der Waals surface area contributed by atoms with Crippen molar-refractivity contribution in [2.45, 2.75) is 63.8 Å². The summed E-state index contributed by atoms with van der Waals surface area (Å²) < 4.78 is 0. The number of urea groups is 1. The Balaban J connectivity index is 1.27. The van der Waals surface area contributed by atoms with Gasteiger partial charge >= 0.3 is 6.03 Å². The summed E-state index contributed by atoms with van der Waals surface area (Å²) in [5, 5.41) is 15.7. The molecule has 3 amide bonds. The Labute approximate surface area is 181 Å². The van der Waals surface area contributed by atoms with Gasteiger partial charge in [0.2, 0.25) is 5.01 Å². The van der Waals surface area contributed by atoms with Crippen LogP contribution in [0.5, 0.6) is 0 Å². The van der Waals surface area contributed by atoms with Crippen LogP contribution >= 0.6 is 11.3 Å². The van der Waals surface area contributed by atoms with E-state index in [0.717, 1.165) is 41.9 Å². The summed E-state index contributed by atoms with van der Waals surface area (Å²) >= 11 is 1.35. The summed E-state index contributed by atoms with van der Waals surface area (Å²) in [7, 11) is 0. The van der Waals surface area contributed by atoms with Crippen molar-refractivity contribution in [1.82, 2.24) is 20.4 Å². The number of nitrogens with zero attached hydrogens (tertiary/aromatic N) is 3. The minimum absolute atomic E-state index is 0.0655. The summed E-state index contributed by atoms with van der Waals surface area (Å²) in [5.41, 5.74) is 1.89. The Morgan fingerprint density at radius 3 is 2.40 bits per heavy atom. The molecule has 1 aromatic carbocycles. The number of aromatic nitrogens is 2. The van der Waals surface area contributed by atoms with Gasteiger partial charge in [0, 0.05) is 30.7 Å². The normalized spacial score (nSPS) is 18.2. The Bertz CT molecular complexity index is 868. The van der Waals surface area contributed by atoms with Gasteiger partial charge in [-0.2, -0.15) is 0 Å². The first-order valence-corrected chi connectivity index (χ1v) is 11.7. The molecule has 1 saturated carbocycles. The number of piperidine rings is 1. The fourth-order valence-corrected chi connectivity index (χ4v) is 5.06. The third kappa shape index (κ3) is 5.16. The summed E-state index contributed by atoms with van der Waals surface area (Å²) in [4.78, 5) is 26.9. The molecule has 30 heavy (non-hydrogen) atoms. The highest BCUT2D eigenvalue weighted by atomic mass is 32.1. The molecule has 1 aliphatic carbocycles. The van der Waals surface area contributed by atoms with E-state index in [1.807, 2.05) is 36.1 Å². The Hall–Kier alpha value is -2.48. The van der Waals surface area contributed by atoms with E-state index in [0.29, 0.717) is 24.1 Å². The summed E-state index contributed by atoms with van der Waals surface area (Å²) in [6, 6.07) is 8.07. The quantitative estimate of drug-likeness (QED) is 0.761. The molecular formula is C22H29N5O2S. The minimum atomic E-state index is -0.230. The van der Waals surface area contributed by atoms with Crippen LogP contribution in [0, 0.1) is 6.92 Å². The molecule has 2 heterocycles. The van der Waals surface area contributed by atoms with Crippen molar-refractivity contribution in [2.24, 2.45) is 0 Å². The van der Waals surface area contributed by atoms with E-state index in [9.17, 15) is 9.59 Å². The summed E-state index contributed by atoms with van der Waals surface area (Å²) in [6.07, 6.45) is 7.61. The van der Waals surface area contributed by atoms with Crippen LogP contribution in [0.15, 0.2) is 24.3 Å². The van der Waals surface area contributed by atoms with Crippen molar-refractivity contribution in [3.8, 4) is 0 Å². The second-order valence-electron chi connectivity index (χ2n) is 8.31. The van der Waals surface area contributed by atoms with Crippen molar-refractivity contribution >= 4 is 29.0 Å². The number of anilines is 1. The average molecular weight is 428 g/mol. The van der Waals surface area contributed by atoms with E-state index in [1.54, 1.807) is 0 Å². The van der Waals surface area contributed by atoms with Gasteiger partial charge in [0.15, 0.2) is 0 Å². The standard InChI is InChI=1S/C22H29N5O2S/c1-15-7-9-18(10-8-15)23-19(28)21-26-25-20(30-21)16-11-13-27(14-12-16)22(29)24-17-5-3-2-4-6-17/h7-10,16-17H,2-6,11-14H2,1H3,(H,23,28)(H,24,29). The van der Waals surface area contributed by atoms with E-state index >= 15 is 0 Å². The maximum atomic E-state index is 12.5. The van der Waals surface area contributed by atoms with Crippen molar-refractivity contribution in [1.29, 1.82) is 0 Å². The molecule has 4 rings (SSSR count). The lowest BCUT2D eigenvalue weighted by Gasteiger charge is -2.33. The van der Waals surface area contributed by atoms with Crippen LogP contribution < -0.4 is 10.6 Å². The molecule has 2 aliphatic rings. The van der Waals surface area contributed by atoms with Crippen molar-refractivity contribution < 1.29 is 9.59 Å². The van der Waals surface area contributed by atoms with E-state index < -0.39 is 0 Å². The highest BCUT2D eigenvalue weighted by molar-refractivity contribution is 7.13. The molecule has 1 saturated heterocycles. The fourth-order valence-electron chi connectivity index (χ4n) is 4.16.